The molecule has 100 valence electrons. The molecule has 20 heavy (non-hydrogen) atoms. The monoisotopic (exact) mass is 367 g/mol. The van der Waals surface area contributed by atoms with E-state index in [4.69, 9.17) is 23.2 Å². The third-order valence-corrected chi connectivity index (χ3v) is 4.11. The average molecular weight is 369 g/mol. The van der Waals surface area contributed by atoms with Gasteiger partial charge in [0.05, 0.1) is 10.5 Å². The van der Waals surface area contributed by atoms with Crippen LogP contribution in [0, 0.1) is 0 Å². The van der Waals surface area contributed by atoms with Crippen molar-refractivity contribution in [1.82, 2.24) is 4.98 Å². The maximum Gasteiger partial charge on any atom is 0.195 e. The Labute approximate surface area is 133 Å². The van der Waals surface area contributed by atoms with E-state index in [1.807, 2.05) is 12.1 Å². The van der Waals surface area contributed by atoms with Gasteiger partial charge in [-0.05, 0) is 36.4 Å². The molecule has 0 aliphatic carbocycles. The lowest BCUT2D eigenvalue weighted by Gasteiger charge is -2.05. The van der Waals surface area contributed by atoms with Crippen LogP contribution >= 0.6 is 39.1 Å². The fraction of sp³-hybridized carbons (Fsp3) is 0. The summed E-state index contributed by atoms with van der Waals surface area (Å²) < 4.78 is 0.924. The first-order valence-electron chi connectivity index (χ1n) is 5.82. The molecule has 5 heteroatoms. The van der Waals surface area contributed by atoms with Crippen LogP contribution in [0.4, 0.5) is 0 Å². The van der Waals surface area contributed by atoms with Gasteiger partial charge in [-0.2, -0.15) is 0 Å². The minimum Gasteiger partial charge on any atom is -0.359 e. The van der Waals surface area contributed by atoms with Crippen LogP contribution < -0.4 is 0 Å². The van der Waals surface area contributed by atoms with E-state index in [9.17, 15) is 4.79 Å². The third-order valence-electron chi connectivity index (χ3n) is 3.05. The predicted molar refractivity (Wildman–Crippen MR) is 85.9 cm³/mol. The highest BCUT2D eigenvalue weighted by molar-refractivity contribution is 9.10. The van der Waals surface area contributed by atoms with E-state index in [0.29, 0.717) is 26.7 Å². The van der Waals surface area contributed by atoms with E-state index in [-0.39, 0.29) is 5.78 Å². The molecule has 0 aliphatic heterocycles. The summed E-state index contributed by atoms with van der Waals surface area (Å²) in [7, 11) is 0. The molecule has 2 aromatic carbocycles. The predicted octanol–water partition coefficient (Wildman–Crippen LogP) is 5.47. The second-order valence-corrected chi connectivity index (χ2v) is 6.11. The van der Waals surface area contributed by atoms with Gasteiger partial charge in [0, 0.05) is 32.2 Å². The van der Waals surface area contributed by atoms with Gasteiger partial charge in [-0.25, -0.2) is 0 Å². The van der Waals surface area contributed by atoms with Crippen molar-refractivity contribution in [1.29, 1.82) is 0 Å². The Hall–Kier alpha value is -1.29. The SMILES string of the molecule is O=C(c1ccc(Br)cc1)c1cc(Cl)cc2c(Cl)c[nH]c12. The summed E-state index contributed by atoms with van der Waals surface area (Å²) in [6.07, 6.45) is 1.65. The molecule has 0 bridgehead atoms. The van der Waals surface area contributed by atoms with E-state index in [1.165, 1.54) is 0 Å². The average Bonchev–Trinajstić information content (AvgIpc) is 2.80. The Bertz CT molecular complexity index is 809. The maximum absolute atomic E-state index is 12.6. The minimum absolute atomic E-state index is 0.0940. The van der Waals surface area contributed by atoms with Gasteiger partial charge in [0.25, 0.3) is 0 Å². The van der Waals surface area contributed by atoms with E-state index in [0.717, 1.165) is 9.86 Å². The quantitative estimate of drug-likeness (QED) is 0.598. The van der Waals surface area contributed by atoms with Gasteiger partial charge in [0.15, 0.2) is 5.78 Å². The summed E-state index contributed by atoms with van der Waals surface area (Å²) in [5.41, 5.74) is 1.82. The van der Waals surface area contributed by atoms with Crippen molar-refractivity contribution in [3.63, 3.8) is 0 Å². The van der Waals surface area contributed by atoms with E-state index >= 15 is 0 Å². The van der Waals surface area contributed by atoms with Crippen LogP contribution in [0.15, 0.2) is 47.1 Å². The number of nitrogens with one attached hydrogen (secondary N) is 1. The molecular weight excluding hydrogens is 361 g/mol. The molecule has 1 heterocycles. The van der Waals surface area contributed by atoms with Crippen LogP contribution in [-0.4, -0.2) is 10.8 Å². The van der Waals surface area contributed by atoms with Crippen molar-refractivity contribution >= 4 is 55.8 Å². The van der Waals surface area contributed by atoms with E-state index < -0.39 is 0 Å². The standard InChI is InChI=1S/C15H8BrCl2NO/c16-9-3-1-8(2-4-9)15(20)12-6-10(17)5-11-13(18)7-19-14(11)12/h1-7,19H. The number of halogens is 3. The zero-order valence-electron chi connectivity index (χ0n) is 10.1. The fourth-order valence-corrected chi connectivity index (χ4v) is 2.79. The summed E-state index contributed by atoms with van der Waals surface area (Å²) in [4.78, 5) is 15.6. The number of fused-ring (bicyclic) bond motifs is 1. The molecule has 0 radical (unpaired) electrons. The Balaban J connectivity index is 2.18. The lowest BCUT2D eigenvalue weighted by molar-refractivity contribution is 0.104. The van der Waals surface area contributed by atoms with E-state index in [1.54, 1.807) is 30.5 Å². The van der Waals surface area contributed by atoms with Crippen LogP contribution in [0.5, 0.6) is 0 Å². The summed E-state index contributed by atoms with van der Waals surface area (Å²) in [5, 5.41) is 1.78. The number of carbonyl (C=O) groups is 1. The van der Waals surface area contributed by atoms with Crippen molar-refractivity contribution in [3.05, 3.63) is 68.2 Å². The number of benzene rings is 2. The zero-order valence-corrected chi connectivity index (χ0v) is 13.2. The van der Waals surface area contributed by atoms with E-state index in [2.05, 4.69) is 20.9 Å². The molecule has 0 saturated heterocycles. The van der Waals surface area contributed by atoms with Gasteiger partial charge in [-0.15, -0.1) is 0 Å². The Morgan fingerprint density at radius 2 is 1.80 bits per heavy atom. The molecule has 3 rings (SSSR count). The van der Waals surface area contributed by atoms with Crippen LogP contribution in [0.1, 0.15) is 15.9 Å². The molecule has 0 fully saturated rings. The number of ketones is 1. The van der Waals surface area contributed by atoms with Gasteiger partial charge in [-0.3, -0.25) is 4.79 Å². The molecule has 3 aromatic rings. The second kappa shape index (κ2) is 5.24. The normalized spacial score (nSPS) is 10.9. The van der Waals surface area contributed by atoms with Crippen LogP contribution in [0.25, 0.3) is 10.9 Å². The van der Waals surface area contributed by atoms with Crippen LogP contribution in [-0.2, 0) is 0 Å². The molecule has 1 N–H and O–H groups in total. The highest BCUT2D eigenvalue weighted by Crippen LogP contribution is 2.30. The largest absolute Gasteiger partial charge is 0.359 e. The second-order valence-electron chi connectivity index (χ2n) is 4.35. The molecule has 0 unspecified atom stereocenters. The van der Waals surface area contributed by atoms with Crippen molar-refractivity contribution < 1.29 is 4.79 Å². The first-order chi connectivity index (χ1) is 9.56. The van der Waals surface area contributed by atoms with Crippen LogP contribution in [0.3, 0.4) is 0 Å². The van der Waals surface area contributed by atoms with Crippen molar-refractivity contribution in [2.45, 2.75) is 0 Å². The molecule has 2 nitrogen and oxygen atoms in total. The van der Waals surface area contributed by atoms with Crippen molar-refractivity contribution in [2.75, 3.05) is 0 Å². The first kappa shape index (κ1) is 13.7. The highest BCUT2D eigenvalue weighted by Gasteiger charge is 2.16. The number of aromatic nitrogens is 1. The minimum atomic E-state index is -0.0940. The lowest BCUT2D eigenvalue weighted by atomic mass is 10.0. The molecule has 0 atom stereocenters. The Morgan fingerprint density at radius 3 is 2.50 bits per heavy atom. The molecule has 0 amide bonds. The Morgan fingerprint density at radius 1 is 1.10 bits per heavy atom. The summed E-state index contributed by atoms with van der Waals surface area (Å²) in [6, 6.07) is 10.6. The third kappa shape index (κ3) is 2.37. The molecular formula is C15H8BrCl2NO. The highest BCUT2D eigenvalue weighted by atomic mass is 79.9. The number of hydrogen-bond acceptors (Lipinski definition) is 1. The number of hydrogen-bond donors (Lipinski definition) is 1. The number of rotatable bonds is 2. The van der Waals surface area contributed by atoms with Gasteiger partial charge >= 0.3 is 0 Å². The smallest absolute Gasteiger partial charge is 0.195 e. The van der Waals surface area contributed by atoms with Gasteiger partial charge < -0.3 is 4.98 Å². The fourth-order valence-electron chi connectivity index (χ4n) is 2.10. The number of H-pyrrole nitrogens is 1. The summed E-state index contributed by atoms with van der Waals surface area (Å²) in [6.45, 7) is 0. The lowest BCUT2D eigenvalue weighted by Crippen LogP contribution is -2.02. The van der Waals surface area contributed by atoms with Gasteiger partial charge in [-0.1, -0.05) is 39.1 Å². The summed E-state index contributed by atoms with van der Waals surface area (Å²) >= 11 is 15.5. The Kier molecular flexibility index (Phi) is 3.59. The summed E-state index contributed by atoms with van der Waals surface area (Å²) in [5.74, 6) is -0.0940. The van der Waals surface area contributed by atoms with Crippen molar-refractivity contribution in [3.8, 4) is 0 Å². The first-order valence-corrected chi connectivity index (χ1v) is 7.37. The maximum atomic E-state index is 12.6. The topological polar surface area (TPSA) is 32.9 Å². The molecule has 0 aliphatic rings. The molecule has 0 spiro atoms. The zero-order chi connectivity index (χ0) is 14.3. The number of carbonyl (C=O) groups excluding carboxylic acids is 1. The van der Waals surface area contributed by atoms with Gasteiger partial charge in [0.1, 0.15) is 0 Å². The van der Waals surface area contributed by atoms with Crippen molar-refractivity contribution in [2.24, 2.45) is 0 Å². The molecule has 1 aromatic heterocycles. The molecule has 0 saturated carbocycles. The van der Waals surface area contributed by atoms with Gasteiger partial charge in [0.2, 0.25) is 0 Å². The number of aromatic amines is 1. The van der Waals surface area contributed by atoms with Crippen LogP contribution in [0.2, 0.25) is 10.0 Å².